The fourth-order valence-electron chi connectivity index (χ4n) is 3.25. The van der Waals surface area contributed by atoms with Crippen LogP contribution in [0.2, 0.25) is 5.02 Å². The molecule has 1 fully saturated rings. The van der Waals surface area contributed by atoms with E-state index in [0.29, 0.717) is 24.5 Å². The fourth-order valence-corrected chi connectivity index (χ4v) is 3.38. The number of nitrogens with one attached hydrogen (secondary N) is 2. The highest BCUT2D eigenvalue weighted by Crippen LogP contribution is 2.26. The van der Waals surface area contributed by atoms with Gasteiger partial charge in [0.25, 0.3) is 0 Å². The van der Waals surface area contributed by atoms with E-state index in [4.69, 9.17) is 11.6 Å². The van der Waals surface area contributed by atoms with Crippen molar-refractivity contribution < 1.29 is 9.59 Å². The summed E-state index contributed by atoms with van der Waals surface area (Å²) < 4.78 is 0. The summed E-state index contributed by atoms with van der Waals surface area (Å²) in [5, 5.41) is 6.35. The molecule has 3 rings (SSSR count). The van der Waals surface area contributed by atoms with Gasteiger partial charge in [0, 0.05) is 41.8 Å². The van der Waals surface area contributed by atoms with Crippen molar-refractivity contribution in [2.24, 2.45) is 5.92 Å². The van der Waals surface area contributed by atoms with Gasteiger partial charge in [-0.15, -0.1) is 0 Å². The predicted molar refractivity (Wildman–Crippen MR) is 114 cm³/mol. The number of rotatable bonds is 4. The molecule has 1 heterocycles. The van der Waals surface area contributed by atoms with Crippen LogP contribution in [0.5, 0.6) is 0 Å². The summed E-state index contributed by atoms with van der Waals surface area (Å²) in [5.74, 6) is 0.143. The van der Waals surface area contributed by atoms with Gasteiger partial charge in [0.1, 0.15) is 0 Å². The Kier molecular flexibility index (Phi) is 5.94. The molecule has 2 aromatic carbocycles. The molecule has 0 aromatic heterocycles. The van der Waals surface area contributed by atoms with Gasteiger partial charge in [-0.3, -0.25) is 4.79 Å². The smallest absolute Gasteiger partial charge is 0.319 e. The van der Waals surface area contributed by atoms with Gasteiger partial charge in [0.2, 0.25) is 5.91 Å². The van der Waals surface area contributed by atoms with Gasteiger partial charge in [-0.1, -0.05) is 44.5 Å². The molecule has 2 aromatic rings. The molecule has 0 saturated carbocycles. The SMILES string of the molecule is CC(C)(C)c1ccc(NC(=O)NC[C@@H]2CC(=O)N(c3ccc(Cl)cc3)C2)cc1. The standard InChI is InChI=1S/C22H26ClN3O2/c1-22(2,3)16-4-8-18(9-5-16)25-21(28)24-13-15-12-20(27)26(14-15)19-10-6-17(23)7-11-19/h4-11,15H,12-14H2,1-3H3,(H2,24,25,28)/t15-/m0/s1. The van der Waals surface area contributed by atoms with E-state index in [-0.39, 0.29) is 23.3 Å². The molecule has 2 N–H and O–H groups in total. The Hall–Kier alpha value is -2.53. The van der Waals surface area contributed by atoms with Crippen molar-refractivity contribution in [2.45, 2.75) is 32.6 Å². The largest absolute Gasteiger partial charge is 0.338 e. The van der Waals surface area contributed by atoms with Crippen LogP contribution in [0.25, 0.3) is 0 Å². The first-order valence-corrected chi connectivity index (χ1v) is 9.81. The molecule has 0 radical (unpaired) electrons. The molecule has 1 atom stereocenters. The lowest BCUT2D eigenvalue weighted by Gasteiger charge is -2.19. The van der Waals surface area contributed by atoms with E-state index in [1.54, 1.807) is 17.0 Å². The third-order valence-electron chi connectivity index (χ3n) is 4.90. The molecule has 0 spiro atoms. The monoisotopic (exact) mass is 399 g/mol. The highest BCUT2D eigenvalue weighted by molar-refractivity contribution is 6.30. The van der Waals surface area contributed by atoms with E-state index >= 15 is 0 Å². The van der Waals surface area contributed by atoms with Gasteiger partial charge in [0.15, 0.2) is 0 Å². The lowest BCUT2D eigenvalue weighted by atomic mass is 9.87. The average Bonchev–Trinajstić information content (AvgIpc) is 3.01. The Morgan fingerprint density at radius 1 is 1.11 bits per heavy atom. The summed E-state index contributed by atoms with van der Waals surface area (Å²) in [6.07, 6.45) is 0.420. The van der Waals surface area contributed by atoms with Crippen molar-refractivity contribution in [1.29, 1.82) is 0 Å². The summed E-state index contributed by atoms with van der Waals surface area (Å²) in [6, 6.07) is 14.8. The van der Waals surface area contributed by atoms with E-state index < -0.39 is 0 Å². The molecular formula is C22H26ClN3O2. The minimum atomic E-state index is -0.263. The average molecular weight is 400 g/mol. The number of nitrogens with zero attached hydrogens (tertiary/aromatic N) is 1. The maximum absolute atomic E-state index is 12.3. The van der Waals surface area contributed by atoms with Crippen LogP contribution in [0.1, 0.15) is 32.8 Å². The highest BCUT2D eigenvalue weighted by Gasteiger charge is 2.30. The van der Waals surface area contributed by atoms with Crippen molar-refractivity contribution in [3.63, 3.8) is 0 Å². The van der Waals surface area contributed by atoms with Crippen molar-refractivity contribution in [2.75, 3.05) is 23.3 Å². The van der Waals surface area contributed by atoms with E-state index in [1.807, 2.05) is 36.4 Å². The molecule has 5 nitrogen and oxygen atoms in total. The molecule has 0 unspecified atom stereocenters. The number of amides is 3. The highest BCUT2D eigenvalue weighted by atomic mass is 35.5. The maximum atomic E-state index is 12.3. The molecule has 3 amide bonds. The quantitative estimate of drug-likeness (QED) is 0.774. The van der Waals surface area contributed by atoms with Gasteiger partial charge < -0.3 is 15.5 Å². The zero-order valence-electron chi connectivity index (χ0n) is 16.5. The molecule has 1 aliphatic rings. The minimum Gasteiger partial charge on any atom is -0.338 e. The van der Waals surface area contributed by atoms with Gasteiger partial charge in [-0.05, 0) is 47.4 Å². The van der Waals surface area contributed by atoms with E-state index in [9.17, 15) is 9.59 Å². The van der Waals surface area contributed by atoms with Crippen LogP contribution in [0.3, 0.4) is 0 Å². The van der Waals surface area contributed by atoms with Gasteiger partial charge in [-0.25, -0.2) is 4.79 Å². The van der Waals surface area contributed by atoms with Crippen molar-refractivity contribution >= 4 is 34.9 Å². The molecule has 1 aliphatic heterocycles. The van der Waals surface area contributed by atoms with Crippen LogP contribution in [0.4, 0.5) is 16.2 Å². The number of hydrogen-bond donors (Lipinski definition) is 2. The topological polar surface area (TPSA) is 61.4 Å². The second-order valence-corrected chi connectivity index (χ2v) is 8.65. The Labute approximate surface area is 171 Å². The number of halogens is 1. The molecule has 6 heteroatoms. The number of benzene rings is 2. The summed E-state index contributed by atoms with van der Waals surface area (Å²) in [4.78, 5) is 26.2. The number of urea groups is 1. The lowest BCUT2D eigenvalue weighted by Crippen LogP contribution is -2.34. The summed E-state index contributed by atoms with van der Waals surface area (Å²) >= 11 is 5.91. The minimum absolute atomic E-state index is 0.0623. The number of carbonyl (C=O) groups is 2. The summed E-state index contributed by atoms with van der Waals surface area (Å²) in [7, 11) is 0. The van der Waals surface area contributed by atoms with Crippen LogP contribution >= 0.6 is 11.6 Å². The Balaban J connectivity index is 1.50. The Morgan fingerprint density at radius 3 is 2.36 bits per heavy atom. The molecule has 0 aliphatic carbocycles. The van der Waals surface area contributed by atoms with Crippen LogP contribution in [-0.2, 0) is 10.2 Å². The second kappa shape index (κ2) is 8.23. The normalized spacial score (nSPS) is 16.9. The Bertz CT molecular complexity index is 842. The van der Waals surface area contributed by atoms with Gasteiger partial charge in [0.05, 0.1) is 0 Å². The molecule has 0 bridgehead atoms. The zero-order valence-corrected chi connectivity index (χ0v) is 17.2. The molecular weight excluding hydrogens is 374 g/mol. The zero-order chi connectivity index (χ0) is 20.3. The molecule has 28 heavy (non-hydrogen) atoms. The van der Waals surface area contributed by atoms with Crippen LogP contribution in [0.15, 0.2) is 48.5 Å². The first-order valence-electron chi connectivity index (χ1n) is 9.44. The predicted octanol–water partition coefficient (Wildman–Crippen LogP) is 4.81. The van der Waals surface area contributed by atoms with Crippen LogP contribution in [0, 0.1) is 5.92 Å². The molecule has 148 valence electrons. The van der Waals surface area contributed by atoms with Crippen LogP contribution in [-0.4, -0.2) is 25.0 Å². The third kappa shape index (κ3) is 5.04. The summed E-state index contributed by atoms with van der Waals surface area (Å²) in [6.45, 7) is 7.48. The second-order valence-electron chi connectivity index (χ2n) is 8.21. The number of hydrogen-bond acceptors (Lipinski definition) is 2. The number of anilines is 2. The van der Waals surface area contributed by atoms with E-state index in [2.05, 4.69) is 31.4 Å². The van der Waals surface area contributed by atoms with Crippen LogP contribution < -0.4 is 15.5 Å². The third-order valence-corrected chi connectivity index (χ3v) is 5.16. The maximum Gasteiger partial charge on any atom is 0.319 e. The van der Waals surface area contributed by atoms with E-state index in [1.165, 1.54) is 5.56 Å². The first-order chi connectivity index (χ1) is 13.2. The number of carbonyl (C=O) groups excluding carboxylic acids is 2. The van der Waals surface area contributed by atoms with Crippen molar-refractivity contribution in [3.8, 4) is 0 Å². The fraction of sp³-hybridized carbons (Fsp3) is 0.364. The Morgan fingerprint density at radius 2 is 1.75 bits per heavy atom. The van der Waals surface area contributed by atoms with Crippen molar-refractivity contribution in [1.82, 2.24) is 5.32 Å². The van der Waals surface area contributed by atoms with Gasteiger partial charge >= 0.3 is 6.03 Å². The first kappa shape index (κ1) is 20.2. The van der Waals surface area contributed by atoms with Crippen molar-refractivity contribution in [3.05, 3.63) is 59.1 Å². The van der Waals surface area contributed by atoms with E-state index in [0.717, 1.165) is 11.4 Å². The summed E-state index contributed by atoms with van der Waals surface area (Å²) in [5.41, 5.74) is 2.87. The molecule has 1 saturated heterocycles. The van der Waals surface area contributed by atoms with Gasteiger partial charge in [-0.2, -0.15) is 0 Å². The lowest BCUT2D eigenvalue weighted by molar-refractivity contribution is -0.117.